The zero-order chi connectivity index (χ0) is 45.7. The van der Waals surface area contributed by atoms with Crippen LogP contribution >= 0.6 is 0 Å². The smallest absolute Gasteiger partial charge is 0.179 e. The summed E-state index contributed by atoms with van der Waals surface area (Å²) in [5, 5.41) is 15.5. The number of hydrogen-bond acceptors (Lipinski definition) is 1. The van der Waals surface area contributed by atoms with Gasteiger partial charge in [-0.2, -0.15) is 0 Å². The molecule has 0 saturated heterocycles. The van der Waals surface area contributed by atoms with Gasteiger partial charge in [0.15, 0.2) is 8.07 Å². The van der Waals surface area contributed by atoms with E-state index in [1.807, 2.05) is 0 Å². The van der Waals surface area contributed by atoms with Crippen LogP contribution in [0.4, 0.5) is 17.1 Å². The monoisotopic (exact) mass is 894 g/mol. The van der Waals surface area contributed by atoms with E-state index in [1.165, 1.54) is 86.0 Å². The van der Waals surface area contributed by atoms with Gasteiger partial charge in [-0.25, -0.2) is 0 Å². The second-order valence-corrected chi connectivity index (χ2v) is 21.8. The van der Waals surface area contributed by atoms with Gasteiger partial charge >= 0.3 is 0 Å². The molecular weight excluding hydrogens is 849 g/mol. The number of rotatable bonds is 9. The molecule has 12 aromatic carbocycles. The lowest BCUT2D eigenvalue weighted by atomic mass is 9.94. The maximum absolute atomic E-state index is 2.75. The summed E-state index contributed by atoms with van der Waals surface area (Å²) >= 11 is 0. The highest BCUT2D eigenvalue weighted by molar-refractivity contribution is 7.20. The first kappa shape index (κ1) is 40.5. The number of para-hydroxylation sites is 2. The molecule has 0 aliphatic heterocycles. The average Bonchev–Trinajstić information content (AvgIpc) is 3.77. The minimum atomic E-state index is -2.75. The van der Waals surface area contributed by atoms with E-state index in [1.54, 1.807) is 0 Å². The molecule has 3 heteroatoms. The van der Waals surface area contributed by atoms with Crippen molar-refractivity contribution in [2.45, 2.75) is 0 Å². The van der Waals surface area contributed by atoms with Gasteiger partial charge in [-0.15, -0.1) is 0 Å². The first-order valence-corrected chi connectivity index (χ1v) is 25.8. The minimum Gasteiger partial charge on any atom is -0.310 e. The highest BCUT2D eigenvalue weighted by atomic mass is 28.3. The Bertz CT molecular complexity index is 3810. The number of aromatic nitrogens is 1. The lowest BCUT2D eigenvalue weighted by molar-refractivity contribution is 1.17. The van der Waals surface area contributed by atoms with Gasteiger partial charge in [-0.3, -0.25) is 0 Å². The van der Waals surface area contributed by atoms with Crippen molar-refractivity contribution in [1.29, 1.82) is 0 Å². The predicted molar refractivity (Wildman–Crippen MR) is 297 cm³/mol. The molecule has 1 aromatic heterocycles. The summed E-state index contributed by atoms with van der Waals surface area (Å²) in [5.41, 5.74) is 9.21. The standard InChI is InChI=1S/C66H46N2Si/c1-5-19-47(20-6-1)48-33-35-49(36-34-48)67(50-37-39-51(40-38-50)68-65-31-17-15-29-61(65)62-30-16-18-32-66(62)68)52-41-43-59-60-44-42-56(46-64(60)58-28-14-13-27-57(58)63(59)45-52)69(53-21-7-2-8-22-53,54-23-9-3-10-24-54)55-25-11-4-12-26-55/h1-46H. The maximum Gasteiger partial charge on any atom is 0.179 e. The lowest BCUT2D eigenvalue weighted by Gasteiger charge is -2.34. The van der Waals surface area contributed by atoms with Gasteiger partial charge < -0.3 is 9.47 Å². The molecule has 0 aliphatic rings. The van der Waals surface area contributed by atoms with Crippen LogP contribution in [-0.2, 0) is 0 Å². The molecule has 0 amide bonds. The zero-order valence-corrected chi connectivity index (χ0v) is 39.0. The van der Waals surface area contributed by atoms with Crippen LogP contribution in [0.3, 0.4) is 0 Å². The third kappa shape index (κ3) is 6.70. The van der Waals surface area contributed by atoms with Gasteiger partial charge in [0, 0.05) is 33.5 Å². The van der Waals surface area contributed by atoms with E-state index in [9.17, 15) is 0 Å². The van der Waals surface area contributed by atoms with Crippen LogP contribution < -0.4 is 25.6 Å². The summed E-state index contributed by atoms with van der Waals surface area (Å²) in [6, 6.07) is 103. The van der Waals surface area contributed by atoms with Gasteiger partial charge in [0.05, 0.1) is 11.0 Å². The highest BCUT2D eigenvalue weighted by Gasteiger charge is 2.41. The Labute approximate surface area is 403 Å². The van der Waals surface area contributed by atoms with Crippen LogP contribution in [0, 0.1) is 0 Å². The van der Waals surface area contributed by atoms with Gasteiger partial charge in [-0.05, 0) is 125 Å². The summed E-state index contributed by atoms with van der Waals surface area (Å²) in [5.74, 6) is 0. The molecule has 0 radical (unpaired) electrons. The summed E-state index contributed by atoms with van der Waals surface area (Å²) in [7, 11) is -2.75. The van der Waals surface area contributed by atoms with E-state index in [0.29, 0.717) is 0 Å². The van der Waals surface area contributed by atoms with Crippen molar-refractivity contribution in [1.82, 2.24) is 4.57 Å². The molecule has 0 unspecified atom stereocenters. The minimum absolute atomic E-state index is 1.09. The molecule has 324 valence electrons. The topological polar surface area (TPSA) is 8.17 Å². The molecule has 0 spiro atoms. The van der Waals surface area contributed by atoms with Gasteiger partial charge in [0.2, 0.25) is 0 Å². The first-order chi connectivity index (χ1) is 34.2. The lowest BCUT2D eigenvalue weighted by Crippen LogP contribution is -2.74. The molecule has 13 aromatic rings. The van der Waals surface area contributed by atoms with E-state index in [4.69, 9.17) is 0 Å². The molecule has 0 aliphatic carbocycles. The van der Waals surface area contributed by atoms with Gasteiger partial charge in [0.25, 0.3) is 0 Å². The number of fused-ring (bicyclic) bond motifs is 9. The van der Waals surface area contributed by atoms with E-state index in [-0.39, 0.29) is 0 Å². The molecule has 0 fully saturated rings. The van der Waals surface area contributed by atoms with Crippen molar-refractivity contribution >= 4 is 100 Å². The summed E-state index contributed by atoms with van der Waals surface area (Å²) in [6.45, 7) is 0. The largest absolute Gasteiger partial charge is 0.310 e. The molecule has 13 rings (SSSR count). The molecule has 0 N–H and O–H groups in total. The van der Waals surface area contributed by atoms with Crippen LogP contribution in [-0.4, -0.2) is 12.6 Å². The molecule has 0 atom stereocenters. The van der Waals surface area contributed by atoms with Crippen molar-refractivity contribution in [3.05, 3.63) is 279 Å². The highest BCUT2D eigenvalue weighted by Crippen LogP contribution is 2.42. The molecule has 69 heavy (non-hydrogen) atoms. The molecule has 1 heterocycles. The third-order valence-corrected chi connectivity index (χ3v) is 19.1. The van der Waals surface area contributed by atoms with Crippen LogP contribution in [0.2, 0.25) is 0 Å². The Morgan fingerprint density at radius 1 is 0.246 bits per heavy atom. The third-order valence-electron chi connectivity index (χ3n) is 14.3. The van der Waals surface area contributed by atoms with Crippen LogP contribution in [0.15, 0.2) is 279 Å². The number of benzene rings is 12. The second-order valence-electron chi connectivity index (χ2n) is 18.0. The Kier molecular flexibility index (Phi) is 9.88. The Balaban J connectivity index is 0.997. The number of anilines is 3. The fourth-order valence-electron chi connectivity index (χ4n) is 11.2. The van der Waals surface area contributed by atoms with Crippen LogP contribution in [0.5, 0.6) is 0 Å². The summed E-state index contributed by atoms with van der Waals surface area (Å²) in [4.78, 5) is 2.41. The predicted octanol–water partition coefficient (Wildman–Crippen LogP) is 14.8. The number of nitrogens with zero attached hydrogens (tertiary/aromatic N) is 2. The normalized spacial score (nSPS) is 11.8. The van der Waals surface area contributed by atoms with Gasteiger partial charge in [0.1, 0.15) is 0 Å². The summed E-state index contributed by atoms with van der Waals surface area (Å²) < 4.78 is 2.39. The van der Waals surface area contributed by atoms with E-state index >= 15 is 0 Å². The van der Waals surface area contributed by atoms with Crippen molar-refractivity contribution < 1.29 is 0 Å². The van der Waals surface area contributed by atoms with E-state index in [0.717, 1.165) is 22.7 Å². The SMILES string of the molecule is c1ccc(-c2ccc(N(c3ccc(-n4c5ccccc5c5ccccc54)cc3)c3ccc4c5ccc([Si](c6ccccc6)(c6ccccc6)c6ccccc6)cc5c5ccccc5c4c3)cc2)cc1. The first-order valence-electron chi connectivity index (χ1n) is 23.8. The van der Waals surface area contributed by atoms with Gasteiger partial charge in [-0.1, -0.05) is 218 Å². The Morgan fingerprint density at radius 3 is 1.14 bits per heavy atom. The average molecular weight is 895 g/mol. The van der Waals surface area contributed by atoms with Crippen molar-refractivity contribution in [2.75, 3.05) is 4.90 Å². The van der Waals surface area contributed by atoms with Crippen LogP contribution in [0.25, 0.3) is 70.9 Å². The molecular formula is C66H46N2Si. The molecule has 0 bridgehead atoms. The van der Waals surface area contributed by atoms with Crippen molar-refractivity contribution in [2.24, 2.45) is 0 Å². The molecule has 2 nitrogen and oxygen atoms in total. The van der Waals surface area contributed by atoms with Crippen molar-refractivity contribution in [3.63, 3.8) is 0 Å². The maximum atomic E-state index is 2.53. The Morgan fingerprint density at radius 2 is 0.623 bits per heavy atom. The summed E-state index contributed by atoms with van der Waals surface area (Å²) in [6.07, 6.45) is 0. The van der Waals surface area contributed by atoms with E-state index < -0.39 is 8.07 Å². The van der Waals surface area contributed by atoms with Crippen LogP contribution in [0.1, 0.15) is 0 Å². The quantitative estimate of drug-likeness (QED) is 0.0796. The van der Waals surface area contributed by atoms with Crippen molar-refractivity contribution in [3.8, 4) is 16.8 Å². The number of hydrogen-bond donors (Lipinski definition) is 0. The fraction of sp³-hybridized carbons (Fsp3) is 0. The fourth-order valence-corrected chi connectivity index (χ4v) is 16.0. The second kappa shape index (κ2) is 16.8. The Hall–Kier alpha value is -8.76. The zero-order valence-electron chi connectivity index (χ0n) is 38.0. The van der Waals surface area contributed by atoms with E-state index in [2.05, 4.69) is 289 Å². The molecule has 0 saturated carbocycles.